The standard InChI is InChI=1S/C12H26N2O/c1-3-13-11(10-15)9-14(4-2)12-7-5-6-8-12/h11-13,15H,3-10H2,1-2H3. The summed E-state index contributed by atoms with van der Waals surface area (Å²) < 4.78 is 0. The molecule has 3 heteroatoms. The molecule has 0 radical (unpaired) electrons. The lowest BCUT2D eigenvalue weighted by Crippen LogP contribution is -2.46. The molecule has 0 aliphatic heterocycles. The average molecular weight is 214 g/mol. The molecular formula is C12H26N2O. The molecule has 1 fully saturated rings. The van der Waals surface area contributed by atoms with E-state index >= 15 is 0 Å². The highest BCUT2D eigenvalue weighted by molar-refractivity contribution is 4.80. The lowest BCUT2D eigenvalue weighted by atomic mass is 10.2. The predicted octanol–water partition coefficient (Wildman–Crippen LogP) is 1.22. The van der Waals surface area contributed by atoms with Crippen molar-refractivity contribution in [3.63, 3.8) is 0 Å². The van der Waals surface area contributed by atoms with Crippen LogP contribution in [0.15, 0.2) is 0 Å². The van der Waals surface area contributed by atoms with Crippen LogP contribution in [0.5, 0.6) is 0 Å². The summed E-state index contributed by atoms with van der Waals surface area (Å²) in [6, 6.07) is 1.01. The van der Waals surface area contributed by atoms with Gasteiger partial charge in [0.2, 0.25) is 0 Å². The molecule has 3 nitrogen and oxygen atoms in total. The summed E-state index contributed by atoms with van der Waals surface area (Å²) in [5, 5.41) is 12.6. The Labute approximate surface area is 93.9 Å². The number of rotatable bonds is 7. The van der Waals surface area contributed by atoms with E-state index in [4.69, 9.17) is 0 Å². The summed E-state index contributed by atoms with van der Waals surface area (Å²) in [7, 11) is 0. The van der Waals surface area contributed by atoms with E-state index in [9.17, 15) is 5.11 Å². The van der Waals surface area contributed by atoms with Gasteiger partial charge in [0, 0.05) is 18.6 Å². The van der Waals surface area contributed by atoms with E-state index in [-0.39, 0.29) is 12.6 Å². The van der Waals surface area contributed by atoms with Crippen molar-refractivity contribution in [3.05, 3.63) is 0 Å². The SMILES string of the molecule is CCNC(CO)CN(CC)C1CCCC1. The molecule has 2 N–H and O–H groups in total. The van der Waals surface area contributed by atoms with Gasteiger partial charge in [-0.15, -0.1) is 0 Å². The van der Waals surface area contributed by atoms with Gasteiger partial charge in [-0.2, -0.15) is 0 Å². The van der Waals surface area contributed by atoms with Crippen LogP contribution in [0.1, 0.15) is 39.5 Å². The third-order valence-electron chi connectivity index (χ3n) is 3.42. The van der Waals surface area contributed by atoms with Crippen molar-refractivity contribution in [1.29, 1.82) is 0 Å². The van der Waals surface area contributed by atoms with Crippen molar-refractivity contribution in [2.75, 3.05) is 26.2 Å². The smallest absolute Gasteiger partial charge is 0.0597 e. The highest BCUT2D eigenvalue weighted by Crippen LogP contribution is 2.23. The maximum Gasteiger partial charge on any atom is 0.0597 e. The number of aliphatic hydroxyl groups excluding tert-OH is 1. The van der Waals surface area contributed by atoms with Crippen LogP contribution in [0.25, 0.3) is 0 Å². The van der Waals surface area contributed by atoms with Crippen molar-refractivity contribution in [1.82, 2.24) is 10.2 Å². The van der Waals surface area contributed by atoms with Gasteiger partial charge in [0.25, 0.3) is 0 Å². The van der Waals surface area contributed by atoms with E-state index in [0.717, 1.165) is 25.7 Å². The number of hydrogen-bond acceptors (Lipinski definition) is 3. The predicted molar refractivity (Wildman–Crippen MR) is 64.1 cm³/mol. The molecule has 1 atom stereocenters. The van der Waals surface area contributed by atoms with Gasteiger partial charge < -0.3 is 10.4 Å². The van der Waals surface area contributed by atoms with E-state index in [1.807, 2.05) is 0 Å². The Kier molecular flexibility index (Phi) is 6.22. The molecule has 0 amide bonds. The van der Waals surface area contributed by atoms with Gasteiger partial charge in [-0.1, -0.05) is 26.7 Å². The van der Waals surface area contributed by atoms with Gasteiger partial charge >= 0.3 is 0 Å². The van der Waals surface area contributed by atoms with E-state index < -0.39 is 0 Å². The Balaban J connectivity index is 2.36. The lowest BCUT2D eigenvalue weighted by molar-refractivity contribution is 0.151. The molecule has 90 valence electrons. The first-order chi connectivity index (χ1) is 7.31. The number of aliphatic hydroxyl groups is 1. The molecule has 0 aromatic carbocycles. The topological polar surface area (TPSA) is 35.5 Å². The van der Waals surface area contributed by atoms with Crippen molar-refractivity contribution in [3.8, 4) is 0 Å². The van der Waals surface area contributed by atoms with E-state index in [2.05, 4.69) is 24.1 Å². The fraction of sp³-hybridized carbons (Fsp3) is 1.00. The molecule has 1 aliphatic carbocycles. The van der Waals surface area contributed by atoms with Gasteiger partial charge in [-0.3, -0.25) is 4.90 Å². The van der Waals surface area contributed by atoms with Crippen LogP contribution < -0.4 is 5.32 Å². The summed E-state index contributed by atoms with van der Waals surface area (Å²) in [5.41, 5.74) is 0. The van der Waals surface area contributed by atoms with Crippen LogP contribution in [0.3, 0.4) is 0 Å². The minimum Gasteiger partial charge on any atom is -0.395 e. The second-order valence-electron chi connectivity index (χ2n) is 4.46. The first-order valence-electron chi connectivity index (χ1n) is 6.40. The zero-order chi connectivity index (χ0) is 11.1. The Bertz CT molecular complexity index is 158. The highest BCUT2D eigenvalue weighted by atomic mass is 16.3. The zero-order valence-electron chi connectivity index (χ0n) is 10.2. The number of likely N-dealkylation sites (N-methyl/N-ethyl adjacent to an activating group) is 2. The molecular weight excluding hydrogens is 188 g/mol. The Hall–Kier alpha value is -0.120. The number of nitrogens with one attached hydrogen (secondary N) is 1. The molecule has 1 unspecified atom stereocenters. The Morgan fingerprint density at radius 1 is 1.33 bits per heavy atom. The van der Waals surface area contributed by atoms with Crippen LogP contribution in [-0.4, -0.2) is 48.3 Å². The van der Waals surface area contributed by atoms with E-state index in [0.29, 0.717) is 0 Å². The van der Waals surface area contributed by atoms with Crippen molar-refractivity contribution in [2.45, 2.75) is 51.6 Å². The molecule has 15 heavy (non-hydrogen) atoms. The first kappa shape index (κ1) is 12.9. The third kappa shape index (κ3) is 4.09. The van der Waals surface area contributed by atoms with Crippen LogP contribution >= 0.6 is 0 Å². The summed E-state index contributed by atoms with van der Waals surface area (Å²) >= 11 is 0. The maximum absolute atomic E-state index is 9.26. The normalized spacial score (nSPS) is 20.0. The van der Waals surface area contributed by atoms with Gasteiger partial charge in [0.1, 0.15) is 0 Å². The molecule has 0 saturated heterocycles. The summed E-state index contributed by atoms with van der Waals surface area (Å²) in [4.78, 5) is 2.52. The number of hydrogen-bond donors (Lipinski definition) is 2. The monoisotopic (exact) mass is 214 g/mol. The highest BCUT2D eigenvalue weighted by Gasteiger charge is 2.23. The maximum atomic E-state index is 9.26. The Morgan fingerprint density at radius 3 is 2.47 bits per heavy atom. The summed E-state index contributed by atoms with van der Waals surface area (Å²) in [6.07, 6.45) is 5.45. The molecule has 0 aromatic rings. The van der Waals surface area contributed by atoms with Gasteiger partial charge in [0.05, 0.1) is 6.61 Å². The zero-order valence-corrected chi connectivity index (χ0v) is 10.2. The largest absolute Gasteiger partial charge is 0.395 e. The van der Waals surface area contributed by atoms with Crippen molar-refractivity contribution < 1.29 is 5.11 Å². The third-order valence-corrected chi connectivity index (χ3v) is 3.42. The second kappa shape index (κ2) is 7.20. The van der Waals surface area contributed by atoms with Crippen molar-refractivity contribution >= 4 is 0 Å². The fourth-order valence-corrected chi connectivity index (χ4v) is 2.56. The van der Waals surface area contributed by atoms with E-state index in [1.54, 1.807) is 0 Å². The second-order valence-corrected chi connectivity index (χ2v) is 4.46. The first-order valence-corrected chi connectivity index (χ1v) is 6.40. The van der Waals surface area contributed by atoms with Crippen LogP contribution in [0.4, 0.5) is 0 Å². The summed E-state index contributed by atoms with van der Waals surface area (Å²) in [6.45, 7) is 7.59. The van der Waals surface area contributed by atoms with Crippen LogP contribution in [-0.2, 0) is 0 Å². The molecule has 0 spiro atoms. The van der Waals surface area contributed by atoms with Gasteiger partial charge in [-0.25, -0.2) is 0 Å². The quantitative estimate of drug-likeness (QED) is 0.669. The molecule has 1 saturated carbocycles. The lowest BCUT2D eigenvalue weighted by Gasteiger charge is -2.31. The van der Waals surface area contributed by atoms with Crippen LogP contribution in [0, 0.1) is 0 Å². The van der Waals surface area contributed by atoms with Crippen LogP contribution in [0.2, 0.25) is 0 Å². The molecule has 0 aromatic heterocycles. The summed E-state index contributed by atoms with van der Waals surface area (Å²) in [5.74, 6) is 0. The van der Waals surface area contributed by atoms with Gasteiger partial charge in [0.15, 0.2) is 0 Å². The number of nitrogens with zero attached hydrogens (tertiary/aromatic N) is 1. The minimum absolute atomic E-state index is 0.246. The minimum atomic E-state index is 0.246. The fourth-order valence-electron chi connectivity index (χ4n) is 2.56. The Morgan fingerprint density at radius 2 is 2.00 bits per heavy atom. The molecule has 0 bridgehead atoms. The van der Waals surface area contributed by atoms with Crippen molar-refractivity contribution in [2.24, 2.45) is 0 Å². The molecule has 1 rings (SSSR count). The van der Waals surface area contributed by atoms with E-state index in [1.165, 1.54) is 25.7 Å². The molecule has 0 heterocycles. The molecule has 1 aliphatic rings. The average Bonchev–Trinajstić information content (AvgIpc) is 2.77. The van der Waals surface area contributed by atoms with Gasteiger partial charge in [-0.05, 0) is 25.9 Å².